The van der Waals surface area contributed by atoms with Gasteiger partial charge in [-0.25, -0.2) is 8.78 Å². The number of alkyl halides is 2. The lowest BCUT2D eigenvalue weighted by atomic mass is 9.93. The van der Waals surface area contributed by atoms with Crippen LogP contribution < -0.4 is 14.8 Å². The normalized spacial score (nSPS) is 19.8. The molecule has 1 aliphatic heterocycles. The Kier molecular flexibility index (Phi) is 4.48. The molecule has 0 aliphatic carbocycles. The van der Waals surface area contributed by atoms with Crippen molar-refractivity contribution in [3.05, 3.63) is 23.3 Å². The lowest BCUT2D eigenvalue weighted by Gasteiger charge is -2.27. The van der Waals surface area contributed by atoms with Crippen molar-refractivity contribution in [2.45, 2.75) is 38.2 Å². The first kappa shape index (κ1) is 15.0. The summed E-state index contributed by atoms with van der Waals surface area (Å²) < 4.78 is 37.9. The molecule has 0 aromatic heterocycles. The number of ether oxygens (including phenoxy) is 2. The van der Waals surface area contributed by atoms with Gasteiger partial charge in [-0.05, 0) is 31.5 Å². The van der Waals surface area contributed by atoms with Gasteiger partial charge in [0.1, 0.15) is 0 Å². The van der Waals surface area contributed by atoms with E-state index in [9.17, 15) is 8.78 Å². The van der Waals surface area contributed by atoms with Gasteiger partial charge < -0.3 is 14.8 Å². The van der Waals surface area contributed by atoms with E-state index in [1.807, 2.05) is 0 Å². The molecule has 112 valence electrons. The number of benzene rings is 1. The maximum atomic E-state index is 13.6. The van der Waals surface area contributed by atoms with E-state index in [1.165, 1.54) is 26.4 Å². The SMILES string of the molecule is COc1cc(C(C)(F)F)cc(C2CCCCN2)c1OC. The summed E-state index contributed by atoms with van der Waals surface area (Å²) in [4.78, 5) is 0. The zero-order valence-corrected chi connectivity index (χ0v) is 12.1. The lowest BCUT2D eigenvalue weighted by Crippen LogP contribution is -2.27. The largest absolute Gasteiger partial charge is 0.493 e. The van der Waals surface area contributed by atoms with Crippen LogP contribution in [0.25, 0.3) is 0 Å². The fraction of sp³-hybridized carbons (Fsp3) is 0.600. The lowest BCUT2D eigenvalue weighted by molar-refractivity contribution is 0.0170. The first-order valence-corrected chi connectivity index (χ1v) is 6.85. The molecular weight excluding hydrogens is 264 g/mol. The topological polar surface area (TPSA) is 30.5 Å². The average molecular weight is 285 g/mol. The Balaban J connectivity index is 2.50. The molecule has 1 N–H and O–H groups in total. The van der Waals surface area contributed by atoms with Gasteiger partial charge in [0.2, 0.25) is 0 Å². The molecule has 5 heteroatoms. The highest BCUT2D eigenvalue weighted by molar-refractivity contribution is 5.52. The van der Waals surface area contributed by atoms with Gasteiger partial charge in [0.25, 0.3) is 5.92 Å². The standard InChI is InChI=1S/C15H21F2NO2/c1-15(16,17)10-8-11(12-6-4-5-7-18-12)14(20-3)13(9-10)19-2/h8-9,12,18H,4-7H2,1-3H3. The van der Waals surface area contributed by atoms with Crippen LogP contribution in [-0.2, 0) is 5.92 Å². The van der Waals surface area contributed by atoms with Gasteiger partial charge in [0.15, 0.2) is 11.5 Å². The first-order chi connectivity index (χ1) is 9.47. The third-order valence-corrected chi connectivity index (χ3v) is 3.70. The number of methoxy groups -OCH3 is 2. The Morgan fingerprint density at radius 1 is 1.20 bits per heavy atom. The van der Waals surface area contributed by atoms with Gasteiger partial charge in [0.05, 0.1) is 14.2 Å². The summed E-state index contributed by atoms with van der Waals surface area (Å²) in [6.07, 6.45) is 3.10. The van der Waals surface area contributed by atoms with E-state index in [2.05, 4.69) is 5.32 Å². The molecule has 0 spiro atoms. The predicted molar refractivity (Wildman–Crippen MR) is 73.7 cm³/mol. The van der Waals surface area contributed by atoms with Crippen molar-refractivity contribution < 1.29 is 18.3 Å². The highest BCUT2D eigenvalue weighted by Crippen LogP contribution is 2.42. The Morgan fingerprint density at radius 3 is 2.45 bits per heavy atom. The molecule has 1 aliphatic rings. The number of hydrogen-bond donors (Lipinski definition) is 1. The summed E-state index contributed by atoms with van der Waals surface area (Å²) in [5, 5.41) is 3.36. The monoisotopic (exact) mass is 285 g/mol. The summed E-state index contributed by atoms with van der Waals surface area (Å²) in [5.41, 5.74) is 0.709. The van der Waals surface area contributed by atoms with Gasteiger partial charge >= 0.3 is 0 Å². The maximum absolute atomic E-state index is 13.6. The van der Waals surface area contributed by atoms with Gasteiger partial charge in [-0.2, -0.15) is 0 Å². The molecule has 0 bridgehead atoms. The molecule has 2 rings (SSSR count). The number of nitrogens with one attached hydrogen (secondary N) is 1. The number of rotatable bonds is 4. The highest BCUT2D eigenvalue weighted by Gasteiger charge is 2.30. The van der Waals surface area contributed by atoms with E-state index >= 15 is 0 Å². The predicted octanol–water partition coefficient (Wildman–Crippen LogP) is 3.63. The Bertz CT molecular complexity index is 466. The molecule has 1 unspecified atom stereocenters. The second kappa shape index (κ2) is 5.95. The highest BCUT2D eigenvalue weighted by atomic mass is 19.3. The molecule has 1 fully saturated rings. The second-order valence-corrected chi connectivity index (χ2v) is 5.19. The van der Waals surface area contributed by atoms with Crippen LogP contribution in [0, 0.1) is 0 Å². The Morgan fingerprint density at radius 2 is 1.95 bits per heavy atom. The number of hydrogen-bond acceptors (Lipinski definition) is 3. The minimum absolute atomic E-state index is 0.0369. The summed E-state index contributed by atoms with van der Waals surface area (Å²) in [7, 11) is 3.00. The van der Waals surface area contributed by atoms with E-state index < -0.39 is 5.92 Å². The molecule has 3 nitrogen and oxygen atoms in total. The summed E-state index contributed by atoms with van der Waals surface area (Å²) >= 11 is 0. The van der Waals surface area contributed by atoms with Gasteiger partial charge in [-0.3, -0.25) is 0 Å². The Labute approximate surface area is 118 Å². The Hall–Kier alpha value is -1.36. The molecule has 0 radical (unpaired) electrons. The summed E-state index contributed by atoms with van der Waals surface area (Å²) in [5.74, 6) is -2.00. The van der Waals surface area contributed by atoms with Crippen molar-refractivity contribution in [1.29, 1.82) is 0 Å². The number of halogens is 2. The molecule has 0 amide bonds. The summed E-state index contributed by atoms with van der Waals surface area (Å²) in [6.45, 7) is 1.79. The van der Waals surface area contributed by atoms with Gasteiger partial charge in [0, 0.05) is 24.1 Å². The van der Waals surface area contributed by atoms with E-state index in [4.69, 9.17) is 9.47 Å². The van der Waals surface area contributed by atoms with Crippen LogP contribution in [0.3, 0.4) is 0 Å². The van der Waals surface area contributed by atoms with Crippen molar-refractivity contribution in [3.63, 3.8) is 0 Å². The van der Waals surface area contributed by atoms with Crippen molar-refractivity contribution in [2.24, 2.45) is 0 Å². The average Bonchev–Trinajstić information content (AvgIpc) is 2.45. The molecule has 1 saturated heterocycles. The fourth-order valence-electron chi connectivity index (χ4n) is 2.62. The van der Waals surface area contributed by atoms with Crippen molar-refractivity contribution in [3.8, 4) is 11.5 Å². The smallest absolute Gasteiger partial charge is 0.270 e. The van der Waals surface area contributed by atoms with Crippen molar-refractivity contribution in [2.75, 3.05) is 20.8 Å². The quantitative estimate of drug-likeness (QED) is 0.916. The summed E-state index contributed by atoms with van der Waals surface area (Å²) in [6, 6.07) is 2.92. The zero-order valence-electron chi connectivity index (χ0n) is 12.1. The van der Waals surface area contributed by atoms with Gasteiger partial charge in [-0.1, -0.05) is 6.42 Å². The van der Waals surface area contributed by atoms with Crippen LogP contribution in [0.1, 0.15) is 43.4 Å². The van der Waals surface area contributed by atoms with E-state index in [1.54, 1.807) is 0 Å². The molecule has 0 saturated carbocycles. The third-order valence-electron chi connectivity index (χ3n) is 3.70. The van der Waals surface area contributed by atoms with Crippen molar-refractivity contribution >= 4 is 0 Å². The van der Waals surface area contributed by atoms with Crippen LogP contribution in [0.15, 0.2) is 12.1 Å². The molecule has 20 heavy (non-hydrogen) atoms. The van der Waals surface area contributed by atoms with E-state index in [0.29, 0.717) is 11.5 Å². The van der Waals surface area contributed by atoms with Crippen molar-refractivity contribution in [1.82, 2.24) is 5.32 Å². The van der Waals surface area contributed by atoms with Gasteiger partial charge in [-0.15, -0.1) is 0 Å². The fourth-order valence-corrected chi connectivity index (χ4v) is 2.62. The van der Waals surface area contributed by atoms with Crippen LogP contribution in [0.4, 0.5) is 8.78 Å². The van der Waals surface area contributed by atoms with E-state index in [0.717, 1.165) is 38.3 Å². The van der Waals surface area contributed by atoms with Crippen LogP contribution in [0.5, 0.6) is 11.5 Å². The molecule has 1 heterocycles. The number of piperidine rings is 1. The molecule has 1 aromatic carbocycles. The van der Waals surface area contributed by atoms with Crippen LogP contribution in [-0.4, -0.2) is 20.8 Å². The second-order valence-electron chi connectivity index (χ2n) is 5.19. The third kappa shape index (κ3) is 3.03. The molecule has 1 atom stereocenters. The minimum atomic E-state index is -2.90. The maximum Gasteiger partial charge on any atom is 0.270 e. The minimum Gasteiger partial charge on any atom is -0.493 e. The molecular formula is C15H21F2NO2. The van der Waals surface area contributed by atoms with E-state index in [-0.39, 0.29) is 11.6 Å². The molecule has 1 aromatic rings. The first-order valence-electron chi connectivity index (χ1n) is 6.85. The van der Waals surface area contributed by atoms with Crippen LogP contribution >= 0.6 is 0 Å². The van der Waals surface area contributed by atoms with Crippen LogP contribution in [0.2, 0.25) is 0 Å². The zero-order chi connectivity index (χ0) is 14.8.